The number of anilines is 1. The van der Waals surface area contributed by atoms with Gasteiger partial charge in [0.1, 0.15) is 5.82 Å². The number of aromatic nitrogens is 2. The number of nitrogens with one attached hydrogen (secondary N) is 1. The Hall–Kier alpha value is -2.67. The Morgan fingerprint density at radius 1 is 1.21 bits per heavy atom. The van der Waals surface area contributed by atoms with Gasteiger partial charge in [-0.3, -0.25) is 4.79 Å². The zero-order valence-electron chi connectivity index (χ0n) is 12.8. The van der Waals surface area contributed by atoms with Gasteiger partial charge in [-0.25, -0.2) is 4.39 Å². The number of carbonyl (C=O) groups is 1. The number of nitrogens with zero attached hydrogens (tertiary/aromatic N) is 2. The molecule has 0 saturated heterocycles. The molecular weight excluding hydrogens is 329 g/mol. The highest BCUT2D eigenvalue weighted by atomic mass is 32.2. The van der Waals surface area contributed by atoms with Crippen molar-refractivity contribution >= 4 is 23.4 Å². The first-order valence-corrected chi connectivity index (χ1v) is 8.19. The number of hydrogen-bond donors (Lipinski definition) is 1. The summed E-state index contributed by atoms with van der Waals surface area (Å²) in [5, 5.41) is 6.32. The second kappa shape index (κ2) is 7.27. The fourth-order valence-electron chi connectivity index (χ4n) is 2.07. The van der Waals surface area contributed by atoms with Gasteiger partial charge >= 0.3 is 0 Å². The first kappa shape index (κ1) is 16.2. The van der Waals surface area contributed by atoms with Crippen LogP contribution in [0.15, 0.2) is 57.9 Å². The molecule has 0 fully saturated rings. The molecule has 2 aromatic carbocycles. The van der Waals surface area contributed by atoms with Crippen molar-refractivity contribution in [2.45, 2.75) is 17.6 Å². The number of aryl methyl sites for hydroxylation is 1. The number of hydrogen-bond acceptors (Lipinski definition) is 5. The maximum Gasteiger partial charge on any atom is 0.256 e. The van der Waals surface area contributed by atoms with E-state index < -0.39 is 5.82 Å². The van der Waals surface area contributed by atoms with Gasteiger partial charge in [-0.15, -0.1) is 11.8 Å². The predicted octanol–water partition coefficient (Wildman–Crippen LogP) is 4.06. The van der Waals surface area contributed by atoms with Gasteiger partial charge < -0.3 is 9.84 Å². The molecule has 1 N–H and O–H groups in total. The van der Waals surface area contributed by atoms with Crippen molar-refractivity contribution in [1.82, 2.24) is 10.1 Å². The molecule has 0 aliphatic carbocycles. The van der Waals surface area contributed by atoms with Crippen LogP contribution < -0.4 is 5.32 Å². The van der Waals surface area contributed by atoms with Gasteiger partial charge in [-0.2, -0.15) is 4.98 Å². The van der Waals surface area contributed by atoms with Crippen LogP contribution in [0.25, 0.3) is 0 Å². The molecule has 0 saturated carbocycles. The van der Waals surface area contributed by atoms with E-state index in [-0.39, 0.29) is 11.6 Å². The summed E-state index contributed by atoms with van der Waals surface area (Å²) in [4.78, 5) is 17.3. The Kier molecular flexibility index (Phi) is 4.90. The molecule has 1 amide bonds. The number of rotatable bonds is 5. The first-order valence-electron chi connectivity index (χ1n) is 7.20. The molecule has 0 spiro atoms. The predicted molar refractivity (Wildman–Crippen MR) is 89.4 cm³/mol. The van der Waals surface area contributed by atoms with E-state index in [1.165, 1.54) is 23.9 Å². The van der Waals surface area contributed by atoms with Crippen molar-refractivity contribution in [3.05, 3.63) is 71.6 Å². The summed E-state index contributed by atoms with van der Waals surface area (Å²) in [6.45, 7) is 1.74. The molecule has 1 aromatic heterocycles. The minimum Gasteiger partial charge on any atom is -0.338 e. The van der Waals surface area contributed by atoms with Crippen molar-refractivity contribution in [2.24, 2.45) is 0 Å². The van der Waals surface area contributed by atoms with Crippen molar-refractivity contribution in [2.75, 3.05) is 5.32 Å². The Morgan fingerprint density at radius 3 is 2.71 bits per heavy atom. The number of halogens is 1. The summed E-state index contributed by atoms with van der Waals surface area (Å²) in [6.07, 6.45) is 0. The lowest BCUT2D eigenvalue weighted by Crippen LogP contribution is -2.14. The SMILES string of the molecule is Cc1noc(CSc2ccccc2C(=O)Nc2ccccc2F)n1. The zero-order valence-corrected chi connectivity index (χ0v) is 13.6. The number of amides is 1. The van der Waals surface area contributed by atoms with Gasteiger partial charge in [0.2, 0.25) is 5.89 Å². The second-order valence-corrected chi connectivity index (χ2v) is 5.97. The fraction of sp³-hybridized carbons (Fsp3) is 0.118. The zero-order chi connectivity index (χ0) is 16.9. The topological polar surface area (TPSA) is 68.0 Å². The van der Waals surface area contributed by atoms with Crippen LogP contribution in [0.4, 0.5) is 10.1 Å². The molecule has 3 rings (SSSR count). The average molecular weight is 343 g/mol. The molecule has 0 aliphatic rings. The van der Waals surface area contributed by atoms with Gasteiger partial charge in [0.05, 0.1) is 17.0 Å². The van der Waals surface area contributed by atoms with E-state index in [9.17, 15) is 9.18 Å². The highest BCUT2D eigenvalue weighted by Gasteiger charge is 2.14. The number of carbonyl (C=O) groups excluding carboxylic acids is 1. The molecule has 0 atom stereocenters. The molecule has 0 bridgehead atoms. The molecule has 1 heterocycles. The van der Waals surface area contributed by atoms with E-state index in [4.69, 9.17) is 4.52 Å². The smallest absolute Gasteiger partial charge is 0.256 e. The Bertz CT molecular complexity index is 866. The third-order valence-corrected chi connectivity index (χ3v) is 4.23. The van der Waals surface area contributed by atoms with Crippen molar-refractivity contribution < 1.29 is 13.7 Å². The lowest BCUT2D eigenvalue weighted by molar-refractivity contribution is 0.102. The van der Waals surface area contributed by atoms with Gasteiger partial charge in [0.25, 0.3) is 5.91 Å². The second-order valence-electron chi connectivity index (χ2n) is 4.95. The molecule has 5 nitrogen and oxygen atoms in total. The Balaban J connectivity index is 1.75. The molecule has 0 aliphatic heterocycles. The van der Waals surface area contributed by atoms with Crippen LogP contribution in [0.3, 0.4) is 0 Å². The van der Waals surface area contributed by atoms with Gasteiger partial charge in [0.15, 0.2) is 5.82 Å². The molecule has 122 valence electrons. The van der Waals surface area contributed by atoms with Crippen molar-refractivity contribution in [3.8, 4) is 0 Å². The lowest BCUT2D eigenvalue weighted by atomic mass is 10.2. The summed E-state index contributed by atoms with van der Waals surface area (Å²) in [5.41, 5.74) is 0.608. The van der Waals surface area contributed by atoms with E-state index in [0.717, 1.165) is 4.90 Å². The van der Waals surface area contributed by atoms with E-state index in [0.29, 0.717) is 23.0 Å². The summed E-state index contributed by atoms with van der Waals surface area (Å²) >= 11 is 1.41. The van der Waals surface area contributed by atoms with E-state index >= 15 is 0 Å². The monoisotopic (exact) mass is 343 g/mol. The maximum absolute atomic E-state index is 13.7. The van der Waals surface area contributed by atoms with Crippen molar-refractivity contribution in [3.63, 3.8) is 0 Å². The molecule has 0 unspecified atom stereocenters. The number of thioether (sulfide) groups is 1. The van der Waals surface area contributed by atoms with Crippen LogP contribution in [0.2, 0.25) is 0 Å². The van der Waals surface area contributed by atoms with Crippen LogP contribution in [0.5, 0.6) is 0 Å². The van der Waals surface area contributed by atoms with Crippen LogP contribution >= 0.6 is 11.8 Å². The fourth-order valence-corrected chi connectivity index (χ4v) is 2.96. The number of para-hydroxylation sites is 1. The molecule has 7 heteroatoms. The first-order chi connectivity index (χ1) is 11.6. The van der Waals surface area contributed by atoms with Gasteiger partial charge in [0, 0.05) is 4.90 Å². The van der Waals surface area contributed by atoms with E-state index in [2.05, 4.69) is 15.5 Å². The van der Waals surface area contributed by atoms with Crippen LogP contribution in [-0.4, -0.2) is 16.0 Å². The summed E-state index contributed by atoms with van der Waals surface area (Å²) < 4.78 is 18.8. The van der Waals surface area contributed by atoms with E-state index in [1.807, 2.05) is 12.1 Å². The number of benzene rings is 2. The molecular formula is C17H14FN3O2S. The van der Waals surface area contributed by atoms with E-state index in [1.54, 1.807) is 31.2 Å². The third kappa shape index (κ3) is 3.80. The van der Waals surface area contributed by atoms with Gasteiger partial charge in [-0.1, -0.05) is 29.4 Å². The average Bonchev–Trinajstić information content (AvgIpc) is 3.01. The Labute approximate surface area is 142 Å². The summed E-state index contributed by atoms with van der Waals surface area (Å²) in [6, 6.07) is 13.2. The highest BCUT2D eigenvalue weighted by molar-refractivity contribution is 7.98. The van der Waals surface area contributed by atoms with Crippen molar-refractivity contribution in [1.29, 1.82) is 0 Å². The van der Waals surface area contributed by atoms with Crippen LogP contribution in [-0.2, 0) is 5.75 Å². The minimum atomic E-state index is -0.475. The molecule has 3 aromatic rings. The maximum atomic E-state index is 13.7. The Morgan fingerprint density at radius 2 is 1.96 bits per heavy atom. The molecule has 0 radical (unpaired) electrons. The quantitative estimate of drug-likeness (QED) is 0.708. The normalized spacial score (nSPS) is 10.6. The summed E-state index contributed by atoms with van der Waals surface area (Å²) in [5.74, 6) is 0.658. The largest absolute Gasteiger partial charge is 0.338 e. The molecule has 24 heavy (non-hydrogen) atoms. The standard InChI is InChI=1S/C17H14FN3O2S/c1-11-19-16(23-21-11)10-24-15-9-5-2-6-12(15)17(22)20-14-8-4-3-7-13(14)18/h2-9H,10H2,1H3,(H,20,22). The van der Waals surface area contributed by atoms with Crippen LogP contribution in [0, 0.1) is 12.7 Å². The van der Waals surface area contributed by atoms with Gasteiger partial charge in [-0.05, 0) is 31.2 Å². The summed E-state index contributed by atoms with van der Waals surface area (Å²) in [7, 11) is 0. The third-order valence-electron chi connectivity index (χ3n) is 3.17. The highest BCUT2D eigenvalue weighted by Crippen LogP contribution is 2.26. The lowest BCUT2D eigenvalue weighted by Gasteiger charge is -2.09. The van der Waals surface area contributed by atoms with Crippen LogP contribution in [0.1, 0.15) is 22.1 Å². The minimum absolute atomic E-state index is 0.148.